The van der Waals surface area contributed by atoms with Gasteiger partial charge in [0.1, 0.15) is 5.01 Å². The molecule has 90 valence electrons. The quantitative estimate of drug-likeness (QED) is 0.935. The number of amides is 1. The van der Waals surface area contributed by atoms with E-state index in [9.17, 15) is 4.79 Å². The maximum atomic E-state index is 11.8. The second-order valence-corrected chi connectivity index (χ2v) is 4.80. The molecule has 0 unspecified atom stereocenters. The zero-order valence-corrected chi connectivity index (χ0v) is 10.6. The maximum Gasteiger partial charge on any atom is 0.257 e. The van der Waals surface area contributed by atoms with Crippen LogP contribution in [0.1, 0.15) is 15.4 Å². The van der Waals surface area contributed by atoms with E-state index in [4.69, 9.17) is 16.9 Å². The third-order valence-electron chi connectivity index (χ3n) is 2.02. The van der Waals surface area contributed by atoms with E-state index < -0.39 is 0 Å². The van der Waals surface area contributed by atoms with E-state index in [2.05, 4.69) is 15.5 Å². The van der Waals surface area contributed by atoms with Crippen molar-refractivity contribution in [1.29, 1.82) is 5.26 Å². The van der Waals surface area contributed by atoms with Crippen LogP contribution < -0.4 is 5.32 Å². The highest BCUT2D eigenvalue weighted by Crippen LogP contribution is 2.17. The van der Waals surface area contributed by atoms with Crippen LogP contribution in [0, 0.1) is 11.3 Å². The lowest BCUT2D eigenvalue weighted by Crippen LogP contribution is -2.11. The first-order valence-corrected chi connectivity index (χ1v) is 6.15. The van der Waals surface area contributed by atoms with E-state index >= 15 is 0 Å². The normalized spacial score (nSPS) is 9.78. The number of benzene rings is 1. The van der Waals surface area contributed by atoms with Gasteiger partial charge in [0.25, 0.3) is 5.91 Å². The Morgan fingerprint density at radius 1 is 1.39 bits per heavy atom. The fourth-order valence-corrected chi connectivity index (χ4v) is 2.01. The molecule has 1 aromatic carbocycles. The smallest absolute Gasteiger partial charge is 0.257 e. The van der Waals surface area contributed by atoms with Crippen molar-refractivity contribution in [2.75, 3.05) is 5.32 Å². The molecule has 2 aromatic rings. The number of anilines is 1. The molecule has 1 N–H and O–H groups in total. The van der Waals surface area contributed by atoms with Crippen LogP contribution in [-0.2, 0) is 6.42 Å². The molecule has 1 amide bonds. The predicted octanol–water partition coefficient (Wildman–Crippen LogP) is 2.51. The highest BCUT2D eigenvalue weighted by Gasteiger charge is 2.09. The van der Waals surface area contributed by atoms with E-state index in [0.717, 1.165) is 0 Å². The van der Waals surface area contributed by atoms with Crippen molar-refractivity contribution < 1.29 is 4.79 Å². The van der Waals surface area contributed by atoms with Gasteiger partial charge in [0.15, 0.2) is 0 Å². The molecule has 0 aliphatic carbocycles. The molecule has 0 saturated carbocycles. The van der Waals surface area contributed by atoms with Gasteiger partial charge in [-0.2, -0.15) is 5.26 Å². The highest BCUT2D eigenvalue weighted by molar-refractivity contribution is 7.15. The number of carbonyl (C=O) groups excluding carboxylic acids is 1. The number of nitrogens with one attached hydrogen (secondary N) is 1. The molecule has 0 aliphatic heterocycles. The third kappa shape index (κ3) is 3.03. The van der Waals surface area contributed by atoms with Crippen LogP contribution in [0.25, 0.3) is 0 Å². The Morgan fingerprint density at radius 2 is 2.11 bits per heavy atom. The number of halogens is 1. The molecular weight excluding hydrogens is 272 g/mol. The Labute approximate surface area is 112 Å². The van der Waals surface area contributed by atoms with Crippen molar-refractivity contribution in [1.82, 2.24) is 10.2 Å². The van der Waals surface area contributed by atoms with Crippen LogP contribution in [0.2, 0.25) is 5.02 Å². The summed E-state index contributed by atoms with van der Waals surface area (Å²) < 4.78 is 0. The Balaban J connectivity index is 2.06. The number of nitrogens with zero attached hydrogens (tertiary/aromatic N) is 3. The van der Waals surface area contributed by atoms with Crippen LogP contribution in [0.4, 0.5) is 5.13 Å². The number of hydrogen-bond acceptors (Lipinski definition) is 5. The molecule has 18 heavy (non-hydrogen) atoms. The van der Waals surface area contributed by atoms with Gasteiger partial charge in [0.05, 0.1) is 12.5 Å². The van der Waals surface area contributed by atoms with Crippen molar-refractivity contribution in [3.05, 3.63) is 39.9 Å². The lowest BCUT2D eigenvalue weighted by Gasteiger charge is -2.00. The van der Waals surface area contributed by atoms with Crippen LogP contribution in [0.15, 0.2) is 24.3 Å². The molecule has 1 aromatic heterocycles. The van der Waals surface area contributed by atoms with Gasteiger partial charge in [-0.3, -0.25) is 10.1 Å². The number of aromatic nitrogens is 2. The molecule has 7 heteroatoms. The van der Waals surface area contributed by atoms with Gasteiger partial charge < -0.3 is 0 Å². The summed E-state index contributed by atoms with van der Waals surface area (Å²) >= 11 is 6.91. The second-order valence-electron chi connectivity index (χ2n) is 3.30. The molecule has 0 spiro atoms. The molecule has 0 fully saturated rings. The molecular formula is C11H7ClN4OS. The summed E-state index contributed by atoms with van der Waals surface area (Å²) in [6.07, 6.45) is 0.189. The van der Waals surface area contributed by atoms with E-state index in [-0.39, 0.29) is 12.3 Å². The first kappa shape index (κ1) is 12.5. The Bertz CT molecular complexity index is 602. The zero-order valence-electron chi connectivity index (χ0n) is 9.05. The lowest BCUT2D eigenvalue weighted by molar-refractivity contribution is 0.102. The predicted molar refractivity (Wildman–Crippen MR) is 68.6 cm³/mol. The van der Waals surface area contributed by atoms with Gasteiger partial charge in [-0.25, -0.2) is 0 Å². The molecule has 0 aliphatic rings. The van der Waals surface area contributed by atoms with Gasteiger partial charge in [-0.15, -0.1) is 10.2 Å². The first-order chi connectivity index (χ1) is 8.69. The fraction of sp³-hybridized carbons (Fsp3) is 0.0909. The van der Waals surface area contributed by atoms with Crippen molar-refractivity contribution in [3.63, 3.8) is 0 Å². The van der Waals surface area contributed by atoms with Gasteiger partial charge in [-0.1, -0.05) is 22.9 Å². The molecule has 5 nitrogen and oxygen atoms in total. The highest BCUT2D eigenvalue weighted by atomic mass is 35.5. The van der Waals surface area contributed by atoms with Gasteiger partial charge >= 0.3 is 0 Å². The SMILES string of the molecule is N#CCc1nnc(NC(=O)c2ccc(Cl)cc2)s1. The van der Waals surface area contributed by atoms with Crippen LogP contribution in [-0.4, -0.2) is 16.1 Å². The van der Waals surface area contributed by atoms with Crippen molar-refractivity contribution >= 4 is 34.0 Å². The van der Waals surface area contributed by atoms with Crippen molar-refractivity contribution in [3.8, 4) is 6.07 Å². The molecule has 0 radical (unpaired) electrons. The summed E-state index contributed by atoms with van der Waals surface area (Å²) in [5.41, 5.74) is 0.483. The summed E-state index contributed by atoms with van der Waals surface area (Å²) in [5.74, 6) is -0.286. The van der Waals surface area contributed by atoms with E-state index in [1.165, 1.54) is 11.3 Å². The average Bonchev–Trinajstić information content (AvgIpc) is 2.78. The summed E-state index contributed by atoms with van der Waals surface area (Å²) in [5, 5.41) is 20.2. The van der Waals surface area contributed by atoms with E-state index in [0.29, 0.717) is 20.7 Å². The standard InChI is InChI=1S/C11H7ClN4OS/c12-8-3-1-7(2-4-8)10(17)14-11-16-15-9(18-11)5-6-13/h1-4H,5H2,(H,14,16,17). The molecule has 0 saturated heterocycles. The van der Waals surface area contributed by atoms with Gasteiger partial charge in [0.2, 0.25) is 5.13 Å². The Morgan fingerprint density at radius 3 is 2.78 bits per heavy atom. The molecule has 2 rings (SSSR count). The minimum absolute atomic E-state index is 0.189. The zero-order chi connectivity index (χ0) is 13.0. The van der Waals surface area contributed by atoms with Gasteiger partial charge in [0, 0.05) is 10.6 Å². The minimum atomic E-state index is -0.286. The van der Waals surface area contributed by atoms with E-state index in [1.54, 1.807) is 24.3 Å². The first-order valence-electron chi connectivity index (χ1n) is 4.95. The monoisotopic (exact) mass is 278 g/mol. The van der Waals surface area contributed by atoms with Crippen molar-refractivity contribution in [2.45, 2.75) is 6.42 Å². The number of nitriles is 1. The molecule has 0 atom stereocenters. The number of rotatable bonds is 3. The summed E-state index contributed by atoms with van der Waals surface area (Å²) in [4.78, 5) is 11.8. The third-order valence-corrected chi connectivity index (χ3v) is 3.11. The fourth-order valence-electron chi connectivity index (χ4n) is 1.21. The summed E-state index contributed by atoms with van der Waals surface area (Å²) in [6.45, 7) is 0. The maximum absolute atomic E-state index is 11.8. The van der Waals surface area contributed by atoms with Crippen molar-refractivity contribution in [2.24, 2.45) is 0 Å². The summed E-state index contributed by atoms with van der Waals surface area (Å²) in [7, 11) is 0. The largest absolute Gasteiger partial charge is 0.296 e. The Kier molecular flexibility index (Phi) is 3.87. The summed E-state index contributed by atoms with van der Waals surface area (Å²) in [6, 6.07) is 8.48. The molecule has 0 bridgehead atoms. The Hall–Kier alpha value is -1.97. The number of carbonyl (C=O) groups is 1. The van der Waals surface area contributed by atoms with Gasteiger partial charge in [-0.05, 0) is 24.3 Å². The topological polar surface area (TPSA) is 78.7 Å². The van der Waals surface area contributed by atoms with Crippen LogP contribution in [0.5, 0.6) is 0 Å². The van der Waals surface area contributed by atoms with E-state index in [1.807, 2.05) is 6.07 Å². The average molecular weight is 279 g/mol. The molecule has 1 heterocycles. The second kappa shape index (κ2) is 5.58. The van der Waals surface area contributed by atoms with Crippen LogP contribution in [0.3, 0.4) is 0 Å². The number of hydrogen-bond donors (Lipinski definition) is 1. The minimum Gasteiger partial charge on any atom is -0.296 e. The van der Waals surface area contributed by atoms with Crippen LogP contribution >= 0.6 is 22.9 Å². The lowest BCUT2D eigenvalue weighted by atomic mass is 10.2.